The van der Waals surface area contributed by atoms with Crippen LogP contribution in [0.3, 0.4) is 0 Å². The number of hydrogen-bond acceptors (Lipinski definition) is 5. The SMILES string of the molecule is O=C(O)c1coc(CN2CCN(C(=O)C=C(c3ccc(F)cc3)c3ccc(Br)cc3)CC2)n1. The molecule has 0 bridgehead atoms. The topological polar surface area (TPSA) is 86.9 Å². The smallest absolute Gasteiger partial charge is 0.357 e. The standard InChI is InChI=1S/C24H21BrFN3O4/c25-18-5-1-16(2-6-18)20(17-3-7-19(26)8-4-17)13-23(30)29-11-9-28(10-12-29)14-22-27-21(15-33-22)24(31)32/h1-8,13,15H,9-12,14H2,(H,31,32). The summed E-state index contributed by atoms with van der Waals surface area (Å²) in [5, 5.41) is 8.96. The van der Waals surface area contributed by atoms with Crippen molar-refractivity contribution >= 4 is 33.4 Å². The highest BCUT2D eigenvalue weighted by Gasteiger charge is 2.22. The van der Waals surface area contributed by atoms with E-state index in [0.29, 0.717) is 38.6 Å². The van der Waals surface area contributed by atoms with Gasteiger partial charge >= 0.3 is 5.97 Å². The van der Waals surface area contributed by atoms with E-state index in [4.69, 9.17) is 9.52 Å². The van der Waals surface area contributed by atoms with Gasteiger partial charge in [-0.15, -0.1) is 0 Å². The first-order chi connectivity index (χ1) is 15.9. The molecular formula is C24H21BrFN3O4. The predicted molar refractivity (Wildman–Crippen MR) is 123 cm³/mol. The Balaban J connectivity index is 1.46. The van der Waals surface area contributed by atoms with Crippen LogP contribution in [-0.4, -0.2) is 57.9 Å². The third-order valence-corrected chi connectivity index (χ3v) is 5.92. The fourth-order valence-electron chi connectivity index (χ4n) is 3.61. The summed E-state index contributed by atoms with van der Waals surface area (Å²) in [7, 11) is 0. The highest BCUT2D eigenvalue weighted by atomic mass is 79.9. The second-order valence-corrected chi connectivity index (χ2v) is 8.52. The summed E-state index contributed by atoms with van der Waals surface area (Å²) < 4.78 is 19.6. The fourth-order valence-corrected chi connectivity index (χ4v) is 3.87. The Morgan fingerprint density at radius 3 is 2.21 bits per heavy atom. The first-order valence-electron chi connectivity index (χ1n) is 10.3. The second kappa shape index (κ2) is 10.1. The van der Waals surface area contributed by atoms with Gasteiger partial charge in [0.1, 0.15) is 12.1 Å². The van der Waals surface area contributed by atoms with E-state index in [-0.39, 0.29) is 17.4 Å². The molecule has 2 aromatic carbocycles. The largest absolute Gasteiger partial charge is 0.476 e. The number of hydrogen-bond donors (Lipinski definition) is 1. The molecule has 33 heavy (non-hydrogen) atoms. The lowest BCUT2D eigenvalue weighted by Gasteiger charge is -2.33. The van der Waals surface area contributed by atoms with Gasteiger partial charge in [-0.3, -0.25) is 9.69 Å². The zero-order valence-corrected chi connectivity index (χ0v) is 19.2. The molecule has 0 aliphatic carbocycles. The van der Waals surface area contributed by atoms with Gasteiger partial charge in [0.2, 0.25) is 11.8 Å². The second-order valence-electron chi connectivity index (χ2n) is 7.60. The zero-order valence-electron chi connectivity index (χ0n) is 17.6. The molecule has 1 aliphatic heterocycles. The number of piperazine rings is 1. The van der Waals surface area contributed by atoms with E-state index >= 15 is 0 Å². The molecule has 1 fully saturated rings. The molecule has 0 radical (unpaired) electrons. The maximum Gasteiger partial charge on any atom is 0.357 e. The Labute approximate surface area is 198 Å². The maximum atomic E-state index is 13.4. The van der Waals surface area contributed by atoms with Gasteiger partial charge in [0, 0.05) is 36.7 Å². The summed E-state index contributed by atoms with van der Waals surface area (Å²) in [6, 6.07) is 13.7. The van der Waals surface area contributed by atoms with Crippen LogP contribution in [0.4, 0.5) is 4.39 Å². The number of benzene rings is 2. The number of aromatic carboxylic acids is 1. The summed E-state index contributed by atoms with van der Waals surface area (Å²) >= 11 is 3.42. The summed E-state index contributed by atoms with van der Waals surface area (Å²) in [5.41, 5.74) is 2.21. The minimum absolute atomic E-state index is 0.120. The van der Waals surface area contributed by atoms with Gasteiger partial charge in [-0.05, 0) is 41.0 Å². The van der Waals surface area contributed by atoms with E-state index in [9.17, 15) is 14.0 Å². The minimum Gasteiger partial charge on any atom is -0.476 e. The van der Waals surface area contributed by atoms with Gasteiger partial charge in [-0.25, -0.2) is 14.2 Å². The molecule has 1 aromatic heterocycles. The third kappa shape index (κ3) is 5.74. The van der Waals surface area contributed by atoms with Crippen molar-refractivity contribution in [3.8, 4) is 0 Å². The zero-order chi connectivity index (χ0) is 23.4. The molecule has 170 valence electrons. The van der Waals surface area contributed by atoms with Crippen LogP contribution < -0.4 is 0 Å². The van der Waals surface area contributed by atoms with E-state index < -0.39 is 5.97 Å². The molecule has 0 unspecified atom stereocenters. The van der Waals surface area contributed by atoms with Crippen molar-refractivity contribution in [1.82, 2.24) is 14.8 Å². The van der Waals surface area contributed by atoms with Crippen LogP contribution in [0, 0.1) is 5.82 Å². The van der Waals surface area contributed by atoms with Crippen molar-refractivity contribution in [2.24, 2.45) is 0 Å². The molecule has 2 heterocycles. The Kier molecular flexibility index (Phi) is 7.00. The Hall–Kier alpha value is -3.30. The van der Waals surface area contributed by atoms with Crippen molar-refractivity contribution < 1.29 is 23.5 Å². The number of rotatable bonds is 6. The number of carbonyl (C=O) groups excluding carboxylic acids is 1. The number of carbonyl (C=O) groups is 2. The number of amides is 1. The predicted octanol–water partition coefficient (Wildman–Crippen LogP) is 4.05. The monoisotopic (exact) mass is 513 g/mol. The van der Waals surface area contributed by atoms with Gasteiger partial charge in [0.05, 0.1) is 6.54 Å². The van der Waals surface area contributed by atoms with Crippen molar-refractivity contribution in [3.05, 3.63) is 93.9 Å². The van der Waals surface area contributed by atoms with E-state index in [1.165, 1.54) is 12.1 Å². The van der Waals surface area contributed by atoms with Crippen LogP contribution in [0.1, 0.15) is 27.5 Å². The number of nitrogens with zero attached hydrogens (tertiary/aromatic N) is 3. The number of halogens is 2. The normalized spacial score (nSPS) is 15.0. The molecule has 3 aromatic rings. The molecule has 1 N–H and O–H groups in total. The quantitative estimate of drug-likeness (QED) is 0.500. The number of oxazole rings is 1. The van der Waals surface area contributed by atoms with Gasteiger partial charge in [-0.1, -0.05) is 40.2 Å². The highest BCUT2D eigenvalue weighted by molar-refractivity contribution is 9.10. The lowest BCUT2D eigenvalue weighted by molar-refractivity contribution is -0.127. The Morgan fingerprint density at radius 2 is 1.64 bits per heavy atom. The molecule has 4 rings (SSSR count). The van der Waals surface area contributed by atoms with Crippen LogP contribution in [-0.2, 0) is 11.3 Å². The van der Waals surface area contributed by atoms with Crippen molar-refractivity contribution in [2.75, 3.05) is 26.2 Å². The average molecular weight is 514 g/mol. The minimum atomic E-state index is -1.13. The van der Waals surface area contributed by atoms with Crippen molar-refractivity contribution in [2.45, 2.75) is 6.54 Å². The maximum absolute atomic E-state index is 13.4. The molecule has 0 atom stereocenters. The van der Waals surface area contributed by atoms with Gasteiger partial charge in [0.25, 0.3) is 0 Å². The van der Waals surface area contributed by atoms with Gasteiger partial charge in [0.15, 0.2) is 5.69 Å². The van der Waals surface area contributed by atoms with E-state index in [1.807, 2.05) is 24.3 Å². The molecule has 0 spiro atoms. The summed E-state index contributed by atoms with van der Waals surface area (Å²) in [5.74, 6) is -1.25. The first kappa shape index (κ1) is 22.9. The number of carboxylic acid groups (broad SMARTS) is 1. The molecular weight excluding hydrogens is 493 g/mol. The molecule has 0 saturated carbocycles. The highest BCUT2D eigenvalue weighted by Crippen LogP contribution is 2.26. The van der Waals surface area contributed by atoms with Crippen molar-refractivity contribution in [1.29, 1.82) is 0 Å². The van der Waals surface area contributed by atoms with Crippen LogP contribution in [0.2, 0.25) is 0 Å². The van der Waals surface area contributed by atoms with Crippen LogP contribution in [0.25, 0.3) is 5.57 Å². The number of aromatic nitrogens is 1. The summed E-state index contributed by atoms with van der Waals surface area (Å²) in [4.78, 5) is 31.8. The lowest BCUT2D eigenvalue weighted by Crippen LogP contribution is -2.47. The molecule has 1 saturated heterocycles. The van der Waals surface area contributed by atoms with Crippen LogP contribution in [0.5, 0.6) is 0 Å². The Bertz CT molecular complexity index is 1120. The molecule has 1 amide bonds. The molecule has 1 aliphatic rings. The average Bonchev–Trinajstić information content (AvgIpc) is 3.28. The van der Waals surface area contributed by atoms with E-state index in [0.717, 1.165) is 27.4 Å². The van der Waals surface area contributed by atoms with Crippen LogP contribution in [0.15, 0.2) is 69.8 Å². The molecule has 7 nitrogen and oxygen atoms in total. The first-order valence-corrected chi connectivity index (χ1v) is 11.1. The molecule has 9 heteroatoms. The van der Waals surface area contributed by atoms with E-state index in [1.54, 1.807) is 23.1 Å². The van der Waals surface area contributed by atoms with Gasteiger partial charge < -0.3 is 14.4 Å². The summed E-state index contributed by atoms with van der Waals surface area (Å²) in [6.45, 7) is 2.62. The Morgan fingerprint density at radius 1 is 1.03 bits per heavy atom. The van der Waals surface area contributed by atoms with E-state index in [2.05, 4.69) is 25.8 Å². The number of carboxylic acids is 1. The lowest BCUT2D eigenvalue weighted by atomic mass is 9.97. The van der Waals surface area contributed by atoms with Crippen molar-refractivity contribution in [3.63, 3.8) is 0 Å². The summed E-state index contributed by atoms with van der Waals surface area (Å²) in [6.07, 6.45) is 2.72. The van der Waals surface area contributed by atoms with Crippen LogP contribution >= 0.6 is 15.9 Å². The fraction of sp³-hybridized carbons (Fsp3) is 0.208. The van der Waals surface area contributed by atoms with Gasteiger partial charge in [-0.2, -0.15) is 0 Å². The third-order valence-electron chi connectivity index (χ3n) is 5.39.